The van der Waals surface area contributed by atoms with Crippen LogP contribution in [0.3, 0.4) is 0 Å². The zero-order valence-corrected chi connectivity index (χ0v) is 19.8. The van der Waals surface area contributed by atoms with Crippen molar-refractivity contribution in [2.24, 2.45) is 17.6 Å². The van der Waals surface area contributed by atoms with Crippen LogP contribution in [0.1, 0.15) is 52.9 Å². The molecule has 0 saturated heterocycles. The first-order chi connectivity index (χ1) is 17.4. The number of fused-ring (bicyclic) bond motifs is 3. The number of rotatable bonds is 5. The van der Waals surface area contributed by atoms with Gasteiger partial charge in [0.05, 0.1) is 24.0 Å². The number of phenols is 1. The standard InChI is InChI=1S/C27H26N2O8/c28-21(33)12-26(36)10-14-7-13-8-17-16(19(31)9-15-3-1-2-6-29-15)4-5-18(30)23(17)24(34)22(13)25(35)27(14,37)20(32)11-26/h1-6,13-14,30,34,36-37H,7-12H2,(H2,28,33)/t13-,14+,26?,27-/m1/s1. The molecule has 5 rings (SSSR count). The van der Waals surface area contributed by atoms with Gasteiger partial charge in [-0.15, -0.1) is 0 Å². The summed E-state index contributed by atoms with van der Waals surface area (Å²) < 4.78 is 0. The molecule has 0 spiro atoms. The monoisotopic (exact) mass is 506 g/mol. The van der Waals surface area contributed by atoms with Crippen molar-refractivity contribution >= 4 is 29.0 Å². The molecule has 3 aliphatic carbocycles. The van der Waals surface area contributed by atoms with Gasteiger partial charge in [-0.05, 0) is 55.0 Å². The van der Waals surface area contributed by atoms with E-state index in [4.69, 9.17) is 5.73 Å². The highest BCUT2D eigenvalue weighted by Gasteiger charge is 2.63. The molecule has 2 saturated carbocycles. The third-order valence-electron chi connectivity index (χ3n) is 7.80. The number of hydrogen-bond donors (Lipinski definition) is 5. The van der Waals surface area contributed by atoms with Crippen LogP contribution in [-0.4, -0.2) is 59.9 Å². The Morgan fingerprint density at radius 2 is 1.86 bits per heavy atom. The van der Waals surface area contributed by atoms with E-state index in [1.165, 1.54) is 12.1 Å². The molecule has 2 fully saturated rings. The van der Waals surface area contributed by atoms with E-state index in [1.807, 2.05) is 0 Å². The maximum atomic E-state index is 13.5. The summed E-state index contributed by atoms with van der Waals surface area (Å²) >= 11 is 0. The van der Waals surface area contributed by atoms with Gasteiger partial charge in [0.15, 0.2) is 17.2 Å². The Balaban J connectivity index is 1.56. The van der Waals surface area contributed by atoms with Gasteiger partial charge in [0.2, 0.25) is 11.7 Å². The maximum absolute atomic E-state index is 13.5. The summed E-state index contributed by atoms with van der Waals surface area (Å²) in [5.74, 6) is -5.72. The molecule has 6 N–H and O–H groups in total. The number of aromatic nitrogens is 1. The number of carbonyl (C=O) groups is 4. The molecule has 1 aromatic carbocycles. The number of ketones is 3. The Hall–Kier alpha value is -3.89. The number of carbonyl (C=O) groups excluding carboxylic acids is 4. The second-order valence-corrected chi connectivity index (χ2v) is 10.3. The van der Waals surface area contributed by atoms with E-state index in [0.717, 1.165) is 0 Å². The van der Waals surface area contributed by atoms with Gasteiger partial charge in [-0.2, -0.15) is 0 Å². The molecule has 0 radical (unpaired) electrons. The number of benzene rings is 1. The number of aromatic hydroxyl groups is 1. The predicted octanol–water partition coefficient (Wildman–Crippen LogP) is 0.943. The minimum absolute atomic E-state index is 0.0178. The predicted molar refractivity (Wildman–Crippen MR) is 128 cm³/mol. The van der Waals surface area contributed by atoms with Crippen molar-refractivity contribution < 1.29 is 39.6 Å². The van der Waals surface area contributed by atoms with Gasteiger partial charge < -0.3 is 26.2 Å². The molecule has 192 valence electrons. The number of primary amides is 1. The number of amides is 1. The number of phenolic OH excluding ortho intramolecular Hbond substituents is 1. The number of aliphatic hydroxyl groups is 3. The van der Waals surface area contributed by atoms with Gasteiger partial charge in [-0.25, -0.2) is 0 Å². The van der Waals surface area contributed by atoms with Crippen LogP contribution in [0.2, 0.25) is 0 Å². The Bertz CT molecular complexity index is 1380. The number of aliphatic hydroxyl groups excluding tert-OH is 1. The summed E-state index contributed by atoms with van der Waals surface area (Å²) in [6, 6.07) is 7.88. The molecule has 4 atom stereocenters. The lowest BCUT2D eigenvalue weighted by Gasteiger charge is -2.49. The third kappa shape index (κ3) is 3.93. The normalized spacial score (nSPS) is 28.8. The van der Waals surface area contributed by atoms with Crippen molar-refractivity contribution in [3.63, 3.8) is 0 Å². The molecule has 37 heavy (non-hydrogen) atoms. The molecular formula is C27H26N2O8. The van der Waals surface area contributed by atoms with Crippen LogP contribution >= 0.6 is 0 Å². The van der Waals surface area contributed by atoms with E-state index >= 15 is 0 Å². The first-order valence-electron chi connectivity index (χ1n) is 12.0. The van der Waals surface area contributed by atoms with Crippen molar-refractivity contribution in [2.75, 3.05) is 0 Å². The van der Waals surface area contributed by atoms with Crippen LogP contribution in [0, 0.1) is 11.8 Å². The van der Waals surface area contributed by atoms with Crippen LogP contribution in [0.15, 0.2) is 42.1 Å². The maximum Gasteiger partial charge on any atom is 0.220 e. The molecule has 10 nitrogen and oxygen atoms in total. The first kappa shape index (κ1) is 24.8. The number of nitrogens with two attached hydrogens (primary N) is 1. The van der Waals surface area contributed by atoms with Crippen molar-refractivity contribution in [3.05, 3.63) is 64.5 Å². The second kappa shape index (κ2) is 8.60. The molecule has 1 heterocycles. The van der Waals surface area contributed by atoms with Crippen LogP contribution < -0.4 is 5.73 Å². The highest BCUT2D eigenvalue weighted by atomic mass is 16.3. The zero-order chi connectivity index (χ0) is 26.7. The zero-order valence-electron chi connectivity index (χ0n) is 19.8. The van der Waals surface area contributed by atoms with Crippen LogP contribution in [0.25, 0.3) is 5.76 Å². The van der Waals surface area contributed by atoms with E-state index in [0.29, 0.717) is 11.3 Å². The number of pyridine rings is 1. The summed E-state index contributed by atoms with van der Waals surface area (Å²) in [6.07, 6.45) is 0.297. The number of hydrogen-bond acceptors (Lipinski definition) is 9. The minimum atomic E-state index is -2.48. The molecular weight excluding hydrogens is 480 g/mol. The van der Waals surface area contributed by atoms with Crippen LogP contribution in [0.5, 0.6) is 5.75 Å². The van der Waals surface area contributed by atoms with Gasteiger partial charge in [-0.1, -0.05) is 6.07 Å². The smallest absolute Gasteiger partial charge is 0.220 e. The lowest BCUT2D eigenvalue weighted by atomic mass is 9.56. The minimum Gasteiger partial charge on any atom is -0.507 e. The van der Waals surface area contributed by atoms with Crippen molar-refractivity contribution in [2.45, 2.75) is 49.7 Å². The van der Waals surface area contributed by atoms with Crippen LogP contribution in [-0.2, 0) is 27.2 Å². The Morgan fingerprint density at radius 1 is 1.11 bits per heavy atom. The summed E-state index contributed by atoms with van der Waals surface area (Å²) in [5.41, 5.74) is 1.82. The summed E-state index contributed by atoms with van der Waals surface area (Å²) in [6.45, 7) is 0. The number of Topliss-reactive ketones (excluding diaryl/α,β-unsaturated/α-hetero) is 3. The lowest BCUT2D eigenvalue weighted by Crippen LogP contribution is -2.64. The molecule has 1 amide bonds. The van der Waals surface area contributed by atoms with Crippen molar-refractivity contribution in [1.82, 2.24) is 4.98 Å². The average Bonchev–Trinajstić information content (AvgIpc) is 2.81. The van der Waals surface area contributed by atoms with E-state index < -0.39 is 59.1 Å². The molecule has 2 aromatic rings. The van der Waals surface area contributed by atoms with E-state index in [2.05, 4.69) is 4.98 Å². The second-order valence-electron chi connectivity index (χ2n) is 10.3. The van der Waals surface area contributed by atoms with Gasteiger partial charge in [0.25, 0.3) is 0 Å². The summed E-state index contributed by atoms with van der Waals surface area (Å²) in [5, 5.41) is 43.9. The highest BCUT2D eigenvalue weighted by molar-refractivity contribution is 6.21. The van der Waals surface area contributed by atoms with E-state index in [-0.39, 0.29) is 53.9 Å². The van der Waals surface area contributed by atoms with Crippen molar-refractivity contribution in [1.29, 1.82) is 0 Å². The Kier molecular flexibility index (Phi) is 5.76. The first-order valence-corrected chi connectivity index (χ1v) is 12.0. The van der Waals surface area contributed by atoms with Crippen molar-refractivity contribution in [3.8, 4) is 5.75 Å². The molecule has 10 heteroatoms. The highest BCUT2D eigenvalue weighted by Crippen LogP contribution is 2.52. The van der Waals surface area contributed by atoms with E-state index in [1.54, 1.807) is 24.4 Å². The largest absolute Gasteiger partial charge is 0.507 e. The van der Waals surface area contributed by atoms with Gasteiger partial charge in [0.1, 0.15) is 11.5 Å². The fourth-order valence-corrected chi connectivity index (χ4v) is 6.22. The average molecular weight is 507 g/mol. The molecule has 0 aliphatic heterocycles. The lowest BCUT2D eigenvalue weighted by molar-refractivity contribution is -0.175. The molecule has 1 unspecified atom stereocenters. The molecule has 3 aliphatic rings. The van der Waals surface area contributed by atoms with Gasteiger partial charge >= 0.3 is 0 Å². The van der Waals surface area contributed by atoms with Gasteiger partial charge in [0, 0.05) is 35.4 Å². The summed E-state index contributed by atoms with van der Waals surface area (Å²) in [4.78, 5) is 55.3. The number of nitrogens with zero attached hydrogens (tertiary/aromatic N) is 1. The van der Waals surface area contributed by atoms with Gasteiger partial charge in [-0.3, -0.25) is 24.2 Å². The summed E-state index contributed by atoms with van der Waals surface area (Å²) in [7, 11) is 0. The third-order valence-corrected chi connectivity index (χ3v) is 7.80. The SMILES string of the molecule is NC(=O)CC1(O)CC(=O)[C@@]2(O)C(=O)C3=C(O)c4c(O)ccc(C(=O)Cc5ccccn5)c4C[C@H]3C[C@H]2C1. The Morgan fingerprint density at radius 3 is 2.54 bits per heavy atom. The van der Waals surface area contributed by atoms with E-state index in [9.17, 15) is 39.6 Å². The molecule has 1 aromatic heterocycles. The fourth-order valence-electron chi connectivity index (χ4n) is 6.22. The van der Waals surface area contributed by atoms with Crippen LogP contribution in [0.4, 0.5) is 0 Å². The quantitative estimate of drug-likeness (QED) is 0.290. The topological polar surface area (TPSA) is 188 Å². The molecule has 0 bridgehead atoms. The fraction of sp³-hybridized carbons (Fsp3) is 0.370. The Labute approximate surface area is 211 Å².